The van der Waals surface area contributed by atoms with Crippen LogP contribution >= 0.6 is 11.6 Å². The Bertz CT molecular complexity index is 980. The highest BCUT2D eigenvalue weighted by Gasteiger charge is 2.24. The van der Waals surface area contributed by atoms with Crippen LogP contribution in [0.2, 0.25) is 5.02 Å². The lowest BCUT2D eigenvalue weighted by Crippen LogP contribution is -2.13. The lowest BCUT2D eigenvalue weighted by Gasteiger charge is -2.07. The molecule has 3 rings (SSSR count). The predicted octanol–water partition coefficient (Wildman–Crippen LogP) is 3.80. The number of nitrogens with zero attached hydrogens (tertiary/aromatic N) is 2. The summed E-state index contributed by atoms with van der Waals surface area (Å²) < 4.78 is 0. The van der Waals surface area contributed by atoms with Crippen molar-refractivity contribution in [3.63, 3.8) is 0 Å². The van der Waals surface area contributed by atoms with Gasteiger partial charge in [0, 0.05) is 23.8 Å². The molecule has 0 aliphatic rings. The van der Waals surface area contributed by atoms with E-state index in [-0.39, 0.29) is 0 Å². The first-order valence-electron chi connectivity index (χ1n) is 8.28. The highest BCUT2D eigenvalue weighted by Crippen LogP contribution is 2.36. The van der Waals surface area contributed by atoms with Crippen molar-refractivity contribution < 1.29 is 4.79 Å². The zero-order valence-electron chi connectivity index (χ0n) is 14.9. The van der Waals surface area contributed by atoms with Gasteiger partial charge in [-0.05, 0) is 42.7 Å². The van der Waals surface area contributed by atoms with Gasteiger partial charge < -0.3 is 16.0 Å². The van der Waals surface area contributed by atoms with Crippen molar-refractivity contribution in [1.29, 1.82) is 0 Å². The zero-order chi connectivity index (χ0) is 18.8. The molecular weight excluding hydrogens is 350 g/mol. The van der Waals surface area contributed by atoms with Crippen LogP contribution in [-0.4, -0.2) is 27.9 Å². The summed E-state index contributed by atoms with van der Waals surface area (Å²) in [4.78, 5) is 24.2. The van der Waals surface area contributed by atoms with Gasteiger partial charge in [0.05, 0.1) is 22.6 Å². The average Bonchev–Trinajstić information content (AvgIpc) is 3.03. The molecule has 0 bridgehead atoms. The minimum absolute atomic E-state index is 0.470. The smallest absolute Gasteiger partial charge is 0.251 e. The fourth-order valence-electron chi connectivity index (χ4n) is 3.07. The molecule has 0 unspecified atom stereocenters. The number of halogens is 1. The number of carbonyl (C=O) groups excluding carboxylic acids is 1. The Balaban J connectivity index is 2.31. The maximum Gasteiger partial charge on any atom is 0.251 e. The predicted molar refractivity (Wildman–Crippen MR) is 104 cm³/mol. The molecule has 1 aromatic carbocycles. The lowest BCUT2D eigenvalue weighted by molar-refractivity contribution is 0.100. The number of carbonyl (C=O) groups is 1. The van der Waals surface area contributed by atoms with Crippen molar-refractivity contribution in [1.82, 2.24) is 15.0 Å². The van der Waals surface area contributed by atoms with Gasteiger partial charge >= 0.3 is 0 Å². The summed E-state index contributed by atoms with van der Waals surface area (Å²) in [5.41, 5.74) is 11.0. The van der Waals surface area contributed by atoms with E-state index in [1.54, 1.807) is 19.3 Å². The summed E-state index contributed by atoms with van der Waals surface area (Å²) in [6, 6.07) is 7.36. The molecule has 0 fully saturated rings. The monoisotopic (exact) mass is 369 g/mol. The Hall–Kier alpha value is -2.86. The molecule has 6 nitrogen and oxygen atoms in total. The number of nitrogens with one attached hydrogen (secondary N) is 2. The van der Waals surface area contributed by atoms with Crippen LogP contribution in [0, 0.1) is 6.92 Å². The number of anilines is 1. The second-order valence-electron chi connectivity index (χ2n) is 5.92. The number of nitrogens with two attached hydrogens (primary N) is 1. The van der Waals surface area contributed by atoms with Gasteiger partial charge in [-0.15, -0.1) is 0 Å². The number of hydrogen-bond donors (Lipinski definition) is 3. The Morgan fingerprint density at radius 2 is 2.08 bits per heavy atom. The van der Waals surface area contributed by atoms with E-state index in [2.05, 4.69) is 20.3 Å². The normalized spacial score (nSPS) is 10.8. The number of aromatic nitrogens is 3. The van der Waals surface area contributed by atoms with Crippen molar-refractivity contribution >= 4 is 23.5 Å². The van der Waals surface area contributed by atoms with Crippen molar-refractivity contribution in [2.45, 2.75) is 20.3 Å². The Labute approximate surface area is 156 Å². The molecule has 0 radical (unpaired) electrons. The van der Waals surface area contributed by atoms with Crippen LogP contribution in [-0.2, 0) is 6.42 Å². The van der Waals surface area contributed by atoms with Crippen molar-refractivity contribution in [2.75, 3.05) is 12.4 Å². The molecule has 2 heterocycles. The number of primary amides is 1. The molecule has 134 valence electrons. The first-order valence-corrected chi connectivity index (χ1v) is 8.66. The van der Waals surface area contributed by atoms with Crippen LogP contribution < -0.4 is 11.1 Å². The Morgan fingerprint density at radius 3 is 2.73 bits per heavy atom. The molecule has 1 amide bonds. The number of aryl methyl sites for hydroxylation is 1. The first-order chi connectivity index (χ1) is 12.5. The summed E-state index contributed by atoms with van der Waals surface area (Å²) in [5.74, 6) is 0.0156. The van der Waals surface area contributed by atoms with E-state index < -0.39 is 5.91 Å². The molecule has 0 saturated heterocycles. The molecule has 0 atom stereocenters. The van der Waals surface area contributed by atoms with E-state index in [1.807, 2.05) is 32.0 Å². The average molecular weight is 370 g/mol. The minimum atomic E-state index is -0.485. The maximum absolute atomic E-state index is 12.3. The standard InChI is InChI=1S/C19H20ClN5O/c1-4-12-15(18(21)26)17(13-9-11(20)6-5-10(13)2)25-16(12)14-7-8-23-19(22-3)24-14/h5-9,25H,4H2,1-3H3,(H2,21,26)(H,22,23,24). The minimum Gasteiger partial charge on any atom is -0.366 e. The van der Waals surface area contributed by atoms with Crippen LogP contribution in [0.1, 0.15) is 28.4 Å². The van der Waals surface area contributed by atoms with E-state index in [0.717, 1.165) is 22.4 Å². The molecule has 0 aliphatic heterocycles. The van der Waals surface area contributed by atoms with Gasteiger partial charge in [-0.3, -0.25) is 4.79 Å². The molecule has 7 heteroatoms. The van der Waals surface area contributed by atoms with Gasteiger partial charge in [0.1, 0.15) is 0 Å². The topological polar surface area (TPSA) is 96.7 Å². The van der Waals surface area contributed by atoms with Gasteiger partial charge in [-0.1, -0.05) is 24.6 Å². The van der Waals surface area contributed by atoms with Crippen LogP contribution in [0.5, 0.6) is 0 Å². The highest BCUT2D eigenvalue weighted by molar-refractivity contribution is 6.31. The van der Waals surface area contributed by atoms with Crippen molar-refractivity contribution in [3.05, 3.63) is 52.2 Å². The van der Waals surface area contributed by atoms with E-state index >= 15 is 0 Å². The van der Waals surface area contributed by atoms with Gasteiger partial charge in [0.25, 0.3) is 5.91 Å². The number of hydrogen-bond acceptors (Lipinski definition) is 4. The molecule has 0 aliphatic carbocycles. The van der Waals surface area contributed by atoms with E-state index in [1.165, 1.54) is 0 Å². The van der Waals surface area contributed by atoms with Crippen molar-refractivity contribution in [2.24, 2.45) is 5.73 Å². The molecule has 2 aromatic heterocycles. The Kier molecular flexibility index (Phi) is 4.95. The number of amides is 1. The number of benzene rings is 1. The number of H-pyrrole nitrogens is 1. The van der Waals surface area contributed by atoms with Gasteiger partial charge in [-0.2, -0.15) is 0 Å². The summed E-state index contributed by atoms with van der Waals surface area (Å²) in [6.45, 7) is 3.94. The largest absolute Gasteiger partial charge is 0.366 e. The molecule has 0 spiro atoms. The third-order valence-corrected chi connectivity index (χ3v) is 4.54. The second-order valence-corrected chi connectivity index (χ2v) is 6.36. The van der Waals surface area contributed by atoms with Crippen LogP contribution in [0.3, 0.4) is 0 Å². The quantitative estimate of drug-likeness (QED) is 0.637. The van der Waals surface area contributed by atoms with Crippen LogP contribution in [0.4, 0.5) is 5.95 Å². The zero-order valence-corrected chi connectivity index (χ0v) is 15.6. The summed E-state index contributed by atoms with van der Waals surface area (Å²) in [5, 5.41) is 3.51. The fourth-order valence-corrected chi connectivity index (χ4v) is 3.24. The molecule has 3 aromatic rings. The SMILES string of the molecule is CCc1c(-c2ccnc(NC)n2)[nH]c(-c2cc(Cl)ccc2C)c1C(N)=O. The number of aromatic amines is 1. The number of rotatable bonds is 5. The van der Waals surface area contributed by atoms with Gasteiger partial charge in [0.15, 0.2) is 0 Å². The van der Waals surface area contributed by atoms with Gasteiger partial charge in [-0.25, -0.2) is 9.97 Å². The van der Waals surface area contributed by atoms with E-state index in [9.17, 15) is 4.79 Å². The van der Waals surface area contributed by atoms with Gasteiger partial charge in [0.2, 0.25) is 5.95 Å². The molecule has 26 heavy (non-hydrogen) atoms. The fraction of sp³-hybridized carbons (Fsp3) is 0.211. The highest BCUT2D eigenvalue weighted by atomic mass is 35.5. The maximum atomic E-state index is 12.3. The summed E-state index contributed by atoms with van der Waals surface area (Å²) >= 11 is 6.18. The first kappa shape index (κ1) is 17.9. The molecule has 4 N–H and O–H groups in total. The van der Waals surface area contributed by atoms with Crippen LogP contribution in [0.15, 0.2) is 30.5 Å². The summed E-state index contributed by atoms with van der Waals surface area (Å²) in [7, 11) is 1.75. The van der Waals surface area contributed by atoms with E-state index in [4.69, 9.17) is 17.3 Å². The molecular formula is C19H20ClN5O. The van der Waals surface area contributed by atoms with E-state index in [0.29, 0.717) is 34.3 Å². The van der Waals surface area contributed by atoms with Crippen molar-refractivity contribution in [3.8, 4) is 22.6 Å². The Morgan fingerprint density at radius 1 is 1.31 bits per heavy atom. The summed E-state index contributed by atoms with van der Waals surface area (Å²) in [6.07, 6.45) is 2.30. The third kappa shape index (κ3) is 3.15. The lowest BCUT2D eigenvalue weighted by atomic mass is 9.98. The second kappa shape index (κ2) is 7.17. The van der Waals surface area contributed by atoms with Crippen LogP contribution in [0.25, 0.3) is 22.6 Å². The molecule has 0 saturated carbocycles. The third-order valence-electron chi connectivity index (χ3n) is 4.31.